The molecule has 0 bridgehead atoms. The first-order valence-corrected chi connectivity index (χ1v) is 11.4. The highest BCUT2D eigenvalue weighted by atomic mass is 16.5. The van der Waals surface area contributed by atoms with Gasteiger partial charge < -0.3 is 20.1 Å². The molecule has 0 spiro atoms. The fraction of sp³-hybridized carbons (Fsp3) is 0.269. The number of benzene rings is 2. The number of carbonyl (C=O) groups is 3. The number of nitrogens with zero attached hydrogens (tertiary/aromatic N) is 3. The number of carboxylic acids is 1. The Morgan fingerprint density at radius 2 is 1.63 bits per heavy atom. The quantitative estimate of drug-likeness (QED) is 0.565. The minimum absolute atomic E-state index is 0.0268. The summed E-state index contributed by atoms with van der Waals surface area (Å²) in [5.74, 6) is -1.43. The van der Waals surface area contributed by atoms with E-state index in [2.05, 4.69) is 39.6 Å². The van der Waals surface area contributed by atoms with Gasteiger partial charge in [-0.2, -0.15) is 0 Å². The molecule has 0 radical (unpaired) electrons. The van der Waals surface area contributed by atoms with E-state index in [0.29, 0.717) is 18.8 Å². The maximum absolute atomic E-state index is 12.5. The van der Waals surface area contributed by atoms with E-state index in [1.54, 1.807) is 0 Å². The van der Waals surface area contributed by atoms with Gasteiger partial charge in [-0.05, 0) is 28.7 Å². The Bertz CT molecular complexity index is 1230. The third kappa shape index (κ3) is 4.57. The van der Waals surface area contributed by atoms with Crippen molar-refractivity contribution < 1.29 is 24.2 Å². The van der Waals surface area contributed by atoms with Gasteiger partial charge in [0.25, 0.3) is 5.91 Å². The molecule has 2 aromatic carbocycles. The highest BCUT2D eigenvalue weighted by Crippen LogP contribution is 2.44. The van der Waals surface area contributed by atoms with Gasteiger partial charge in [0.1, 0.15) is 12.4 Å². The number of carboxylic acid groups (broad SMARTS) is 1. The summed E-state index contributed by atoms with van der Waals surface area (Å²) >= 11 is 0. The number of likely N-dealkylation sites (tertiary alicyclic amines) is 1. The Balaban J connectivity index is 1.14. The molecular formula is C26H24N4O5. The molecule has 3 aromatic rings. The van der Waals surface area contributed by atoms with Crippen LogP contribution in [0.5, 0.6) is 0 Å². The van der Waals surface area contributed by atoms with Gasteiger partial charge in [0.05, 0.1) is 18.0 Å². The van der Waals surface area contributed by atoms with Crippen molar-refractivity contribution in [1.29, 1.82) is 0 Å². The average Bonchev–Trinajstić information content (AvgIpc) is 3.50. The van der Waals surface area contributed by atoms with Crippen molar-refractivity contribution in [1.82, 2.24) is 20.2 Å². The lowest BCUT2D eigenvalue weighted by atomic mass is 9.98. The molecule has 2 heterocycles. The van der Waals surface area contributed by atoms with Gasteiger partial charge in [-0.3, -0.25) is 9.59 Å². The van der Waals surface area contributed by atoms with Crippen LogP contribution in [0.1, 0.15) is 39.6 Å². The number of alkyl carbamates (subject to hydrolysis) is 1. The molecule has 1 aliphatic carbocycles. The third-order valence-electron chi connectivity index (χ3n) is 6.51. The molecule has 1 saturated heterocycles. The lowest BCUT2D eigenvalue weighted by Crippen LogP contribution is -2.30. The summed E-state index contributed by atoms with van der Waals surface area (Å²) in [6.45, 7) is 0.831. The predicted molar refractivity (Wildman–Crippen MR) is 126 cm³/mol. The number of carbonyl (C=O) groups excluding carboxylic acids is 2. The van der Waals surface area contributed by atoms with E-state index in [-0.39, 0.29) is 37.1 Å². The van der Waals surface area contributed by atoms with Crippen molar-refractivity contribution in [2.24, 2.45) is 5.92 Å². The average molecular weight is 473 g/mol. The number of fused-ring (bicyclic) bond motifs is 3. The number of ether oxygens (including phenoxy) is 1. The van der Waals surface area contributed by atoms with Crippen LogP contribution < -0.4 is 5.32 Å². The molecule has 5 rings (SSSR count). The van der Waals surface area contributed by atoms with Crippen LogP contribution in [0.25, 0.3) is 11.1 Å². The number of rotatable bonds is 6. The number of amides is 2. The van der Waals surface area contributed by atoms with E-state index in [1.807, 2.05) is 24.3 Å². The van der Waals surface area contributed by atoms with E-state index in [9.17, 15) is 14.4 Å². The molecule has 178 valence electrons. The second-order valence-corrected chi connectivity index (χ2v) is 8.64. The third-order valence-corrected chi connectivity index (χ3v) is 6.51. The Kier molecular flexibility index (Phi) is 6.13. The van der Waals surface area contributed by atoms with E-state index >= 15 is 0 Å². The normalized spacial score (nSPS) is 16.5. The highest BCUT2D eigenvalue weighted by Gasteiger charge is 2.32. The SMILES string of the molecule is O=C(NCc1ncc(C(=O)N2CCC(C(=O)O)C2)cn1)OCC1c2ccccc2-c2ccccc21. The Morgan fingerprint density at radius 3 is 2.23 bits per heavy atom. The van der Waals surface area contributed by atoms with Gasteiger partial charge in [0.15, 0.2) is 0 Å². The highest BCUT2D eigenvalue weighted by molar-refractivity contribution is 5.94. The van der Waals surface area contributed by atoms with Crippen LogP contribution in [0.15, 0.2) is 60.9 Å². The first-order chi connectivity index (χ1) is 17.0. The predicted octanol–water partition coefficient (Wildman–Crippen LogP) is 3.06. The van der Waals surface area contributed by atoms with Crippen LogP contribution in [0, 0.1) is 5.92 Å². The van der Waals surface area contributed by atoms with E-state index < -0.39 is 18.0 Å². The van der Waals surface area contributed by atoms with Crippen molar-refractivity contribution in [3.05, 3.63) is 83.4 Å². The van der Waals surface area contributed by atoms with Gasteiger partial charge in [-0.1, -0.05) is 48.5 Å². The summed E-state index contributed by atoms with van der Waals surface area (Å²) in [7, 11) is 0. The zero-order valence-electron chi connectivity index (χ0n) is 18.9. The Labute approximate surface area is 201 Å². The van der Waals surface area contributed by atoms with Crippen molar-refractivity contribution in [3.8, 4) is 11.1 Å². The molecule has 0 saturated carbocycles. The lowest BCUT2D eigenvalue weighted by Gasteiger charge is -2.15. The van der Waals surface area contributed by atoms with Crippen LogP contribution >= 0.6 is 0 Å². The smallest absolute Gasteiger partial charge is 0.407 e. The maximum atomic E-state index is 12.5. The Hall–Kier alpha value is -4.27. The molecule has 2 amide bonds. The minimum Gasteiger partial charge on any atom is -0.481 e. The number of hydrogen-bond acceptors (Lipinski definition) is 6. The fourth-order valence-corrected chi connectivity index (χ4v) is 4.69. The topological polar surface area (TPSA) is 122 Å². The van der Waals surface area contributed by atoms with E-state index in [4.69, 9.17) is 9.84 Å². The monoisotopic (exact) mass is 472 g/mol. The maximum Gasteiger partial charge on any atom is 0.407 e. The lowest BCUT2D eigenvalue weighted by molar-refractivity contribution is -0.141. The molecule has 2 aliphatic rings. The molecule has 1 fully saturated rings. The Morgan fingerprint density at radius 1 is 1.00 bits per heavy atom. The number of aliphatic carboxylic acids is 1. The second kappa shape index (κ2) is 9.54. The van der Waals surface area contributed by atoms with Crippen molar-refractivity contribution >= 4 is 18.0 Å². The number of nitrogens with one attached hydrogen (secondary N) is 1. The number of hydrogen-bond donors (Lipinski definition) is 2. The minimum atomic E-state index is -0.897. The molecule has 9 heteroatoms. The van der Waals surface area contributed by atoms with Gasteiger partial charge in [0, 0.05) is 31.4 Å². The van der Waals surface area contributed by atoms with Crippen LogP contribution in [0.3, 0.4) is 0 Å². The van der Waals surface area contributed by atoms with E-state index in [0.717, 1.165) is 22.3 Å². The second-order valence-electron chi connectivity index (χ2n) is 8.64. The summed E-state index contributed by atoms with van der Waals surface area (Å²) < 4.78 is 5.51. The van der Waals surface area contributed by atoms with Gasteiger partial charge in [0.2, 0.25) is 0 Å². The molecule has 9 nitrogen and oxygen atoms in total. The summed E-state index contributed by atoms with van der Waals surface area (Å²) in [4.78, 5) is 45.8. The zero-order chi connectivity index (χ0) is 24.4. The van der Waals surface area contributed by atoms with Crippen LogP contribution in [-0.4, -0.2) is 57.6 Å². The van der Waals surface area contributed by atoms with Crippen LogP contribution in [0.2, 0.25) is 0 Å². The van der Waals surface area contributed by atoms with Crippen LogP contribution in [-0.2, 0) is 16.1 Å². The number of aromatic nitrogens is 2. The van der Waals surface area contributed by atoms with Crippen molar-refractivity contribution in [2.45, 2.75) is 18.9 Å². The molecule has 35 heavy (non-hydrogen) atoms. The summed E-state index contributed by atoms with van der Waals surface area (Å²) in [6, 6.07) is 16.2. The molecular weight excluding hydrogens is 448 g/mol. The van der Waals surface area contributed by atoms with Crippen molar-refractivity contribution in [3.63, 3.8) is 0 Å². The molecule has 1 aromatic heterocycles. The summed E-state index contributed by atoms with van der Waals surface area (Å²) in [5.41, 5.74) is 4.87. The zero-order valence-corrected chi connectivity index (χ0v) is 18.9. The summed E-state index contributed by atoms with van der Waals surface area (Å²) in [6.07, 6.45) is 2.63. The molecule has 1 atom stereocenters. The molecule has 1 aliphatic heterocycles. The summed E-state index contributed by atoms with van der Waals surface area (Å²) in [5, 5.41) is 11.7. The first-order valence-electron chi connectivity index (χ1n) is 11.4. The van der Waals surface area contributed by atoms with Crippen molar-refractivity contribution in [2.75, 3.05) is 19.7 Å². The molecule has 1 unspecified atom stereocenters. The van der Waals surface area contributed by atoms with E-state index in [1.165, 1.54) is 17.3 Å². The van der Waals surface area contributed by atoms with Gasteiger partial charge in [-0.15, -0.1) is 0 Å². The standard InChI is InChI=1S/C26H24N4O5/c31-24(30-10-9-16(14-30)25(32)33)17-11-27-23(28-12-17)13-29-26(34)35-15-22-20-7-3-1-5-18(20)19-6-2-4-8-21(19)22/h1-8,11-12,16,22H,9-10,13-15H2,(H,29,34)(H,32,33). The largest absolute Gasteiger partial charge is 0.481 e. The van der Waals surface area contributed by atoms with Crippen LogP contribution in [0.4, 0.5) is 4.79 Å². The fourth-order valence-electron chi connectivity index (χ4n) is 4.69. The first kappa shape index (κ1) is 22.5. The molecule has 2 N–H and O–H groups in total. The van der Waals surface area contributed by atoms with Gasteiger partial charge >= 0.3 is 12.1 Å². The van der Waals surface area contributed by atoms with Gasteiger partial charge in [-0.25, -0.2) is 14.8 Å².